The van der Waals surface area contributed by atoms with Crippen LogP contribution in [0.2, 0.25) is 0 Å². The van der Waals surface area contributed by atoms with E-state index in [0.717, 1.165) is 25.7 Å². The van der Waals surface area contributed by atoms with Crippen LogP contribution in [0.3, 0.4) is 0 Å². The fourth-order valence-corrected chi connectivity index (χ4v) is 1.99. The first-order chi connectivity index (χ1) is 13.9. The molecule has 0 spiro atoms. The maximum atomic E-state index is 13.7. The van der Waals surface area contributed by atoms with Gasteiger partial charge in [0.25, 0.3) is 0 Å². The average Bonchev–Trinajstić information content (AvgIpc) is 3.62. The molecular formula is C17H29FN2O10Pt. The third kappa shape index (κ3) is 10.1. The number of carbonyl (C=O) groups is 2. The fraction of sp³-hybridized carbons (Fsp3) is 0.882. The molecule has 3 fully saturated rings. The van der Waals surface area contributed by atoms with Gasteiger partial charge in [0.1, 0.15) is 24.4 Å². The maximum Gasteiger partial charge on any atom is 2.00 e. The number of aliphatic hydroxyl groups is 4. The number of halogens is 1. The average molecular weight is 635 g/mol. The SMILES string of the molecule is O=C(O)C(F)(CCOC1O[C@H](CO)[C@@H](O)[C@H](O)[C@H]1O)C(=O)O.[NH-]C1CC1.[NH-]C1CC1.[Pt+2]. The molecule has 14 heteroatoms. The summed E-state index contributed by atoms with van der Waals surface area (Å²) in [6.45, 7) is -1.47. The summed E-state index contributed by atoms with van der Waals surface area (Å²) in [5.41, 5.74) is 9.81. The first kappa shape index (κ1) is 30.2. The third-order valence-electron chi connectivity index (χ3n) is 4.41. The summed E-state index contributed by atoms with van der Waals surface area (Å²) < 4.78 is 23.4. The number of hydrogen-bond donors (Lipinski definition) is 6. The predicted molar refractivity (Wildman–Crippen MR) is 98.1 cm³/mol. The van der Waals surface area contributed by atoms with E-state index in [1.54, 1.807) is 0 Å². The van der Waals surface area contributed by atoms with Crippen molar-refractivity contribution >= 4 is 11.9 Å². The van der Waals surface area contributed by atoms with Crippen molar-refractivity contribution in [2.75, 3.05) is 13.2 Å². The Bertz CT molecular complexity index is 541. The molecule has 5 atom stereocenters. The number of rotatable bonds is 7. The van der Waals surface area contributed by atoms with Crippen molar-refractivity contribution in [2.24, 2.45) is 0 Å². The number of carboxylic acid groups (broad SMARTS) is 2. The van der Waals surface area contributed by atoms with Crippen molar-refractivity contribution in [3.8, 4) is 0 Å². The van der Waals surface area contributed by atoms with Gasteiger partial charge in [-0.2, -0.15) is 0 Å². The molecule has 0 bridgehead atoms. The van der Waals surface area contributed by atoms with E-state index < -0.39 is 67.9 Å². The zero-order valence-corrected chi connectivity index (χ0v) is 18.8. The maximum absolute atomic E-state index is 13.7. The van der Waals surface area contributed by atoms with Crippen molar-refractivity contribution in [3.05, 3.63) is 11.5 Å². The second kappa shape index (κ2) is 13.7. The van der Waals surface area contributed by atoms with Gasteiger partial charge in [-0.3, -0.25) is 0 Å². The molecule has 8 N–H and O–H groups in total. The number of carboxylic acids is 2. The summed E-state index contributed by atoms with van der Waals surface area (Å²) in [4.78, 5) is 21.2. The van der Waals surface area contributed by atoms with Crippen molar-refractivity contribution in [1.82, 2.24) is 0 Å². The van der Waals surface area contributed by atoms with Crippen LogP contribution in [-0.4, -0.2) is 104 Å². The monoisotopic (exact) mass is 635 g/mol. The molecule has 184 valence electrons. The number of aliphatic carboxylic acids is 2. The molecule has 0 aromatic carbocycles. The topological polar surface area (TPSA) is 222 Å². The first-order valence-electron chi connectivity index (χ1n) is 9.44. The van der Waals surface area contributed by atoms with E-state index in [9.17, 15) is 29.3 Å². The summed E-state index contributed by atoms with van der Waals surface area (Å²) in [5.74, 6) is -4.42. The Kier molecular flexibility index (Phi) is 13.4. The number of nitrogens with one attached hydrogen (secondary N) is 2. The van der Waals surface area contributed by atoms with Crippen molar-refractivity contribution in [3.63, 3.8) is 0 Å². The third-order valence-corrected chi connectivity index (χ3v) is 4.41. The molecule has 2 aliphatic carbocycles. The van der Waals surface area contributed by atoms with E-state index in [1.807, 2.05) is 0 Å². The molecule has 31 heavy (non-hydrogen) atoms. The normalized spacial score (nSPS) is 30.0. The molecule has 0 aromatic rings. The first-order valence-corrected chi connectivity index (χ1v) is 9.44. The molecule has 0 radical (unpaired) electrons. The van der Waals surface area contributed by atoms with Crippen LogP contribution in [0, 0.1) is 0 Å². The number of aliphatic hydroxyl groups excluding tert-OH is 4. The number of alkyl halides is 1. The van der Waals surface area contributed by atoms with E-state index in [2.05, 4.69) is 0 Å². The van der Waals surface area contributed by atoms with E-state index >= 15 is 0 Å². The van der Waals surface area contributed by atoms with Crippen LogP contribution >= 0.6 is 0 Å². The van der Waals surface area contributed by atoms with Crippen LogP contribution in [-0.2, 0) is 40.1 Å². The summed E-state index contributed by atoms with van der Waals surface area (Å²) in [6, 6.07) is 0.667. The van der Waals surface area contributed by atoms with E-state index in [0.29, 0.717) is 12.1 Å². The molecule has 2 saturated carbocycles. The quantitative estimate of drug-likeness (QED) is 0.196. The van der Waals surface area contributed by atoms with Gasteiger partial charge >= 0.3 is 38.7 Å². The molecule has 0 amide bonds. The Morgan fingerprint density at radius 3 is 1.71 bits per heavy atom. The van der Waals surface area contributed by atoms with Crippen LogP contribution in [0.4, 0.5) is 4.39 Å². The van der Waals surface area contributed by atoms with E-state index in [4.69, 9.17) is 36.3 Å². The van der Waals surface area contributed by atoms with Gasteiger partial charge in [0.05, 0.1) is 13.2 Å². The van der Waals surface area contributed by atoms with Crippen molar-refractivity contribution in [2.45, 2.75) is 80.6 Å². The Balaban J connectivity index is 0.000000822. The van der Waals surface area contributed by atoms with Gasteiger partial charge in [0.2, 0.25) is 0 Å². The van der Waals surface area contributed by atoms with Crippen LogP contribution in [0.15, 0.2) is 0 Å². The Labute approximate surface area is 192 Å². The summed E-state index contributed by atoms with van der Waals surface area (Å²) in [5, 5.41) is 54.6. The smallest absolute Gasteiger partial charge is 0.675 e. The van der Waals surface area contributed by atoms with E-state index in [-0.39, 0.29) is 21.1 Å². The zero-order chi connectivity index (χ0) is 23.1. The molecule has 1 heterocycles. The second-order valence-electron chi connectivity index (χ2n) is 7.28. The summed E-state index contributed by atoms with van der Waals surface area (Å²) in [7, 11) is 0. The minimum absolute atomic E-state index is 0. The molecule has 1 aliphatic heterocycles. The molecule has 1 unspecified atom stereocenters. The molecule has 3 aliphatic rings. The Hall–Kier alpha value is -0.762. The van der Waals surface area contributed by atoms with Crippen LogP contribution in [0.25, 0.3) is 11.5 Å². The van der Waals surface area contributed by atoms with E-state index in [1.165, 1.54) is 0 Å². The molecule has 12 nitrogen and oxygen atoms in total. The Morgan fingerprint density at radius 2 is 1.39 bits per heavy atom. The van der Waals surface area contributed by atoms with Crippen LogP contribution < -0.4 is 0 Å². The van der Waals surface area contributed by atoms with Gasteiger partial charge in [-0.05, 0) is 0 Å². The zero-order valence-electron chi connectivity index (χ0n) is 16.5. The molecule has 3 rings (SSSR count). The molecule has 0 aromatic heterocycles. The van der Waals surface area contributed by atoms with Crippen molar-refractivity contribution in [1.29, 1.82) is 0 Å². The minimum atomic E-state index is -3.58. The summed E-state index contributed by atoms with van der Waals surface area (Å²) in [6.07, 6.45) is -4.39. The standard InChI is InChI=1S/C11H17FO10.2C3H6N.Pt/c12-11(9(17)18,10(19)20)1-2-21-8-7(16)6(15)5(14)4(3-13)22-8;2*4-3-1-2-3;/h4-8,13-16H,1-3H2,(H,17,18)(H,19,20);2*3-4H,1-2H2;/q;2*-1;+2/t4-,5-,6+,7-,8?;;;/m1.../s1. The number of hydrogen-bond acceptors (Lipinski definition) is 8. The van der Waals surface area contributed by atoms with Gasteiger partial charge in [-0.25, -0.2) is 14.0 Å². The van der Waals surface area contributed by atoms with Gasteiger partial charge in [-0.1, -0.05) is 25.7 Å². The Morgan fingerprint density at radius 1 is 0.968 bits per heavy atom. The second-order valence-corrected chi connectivity index (χ2v) is 7.28. The molecular weight excluding hydrogens is 606 g/mol. The summed E-state index contributed by atoms with van der Waals surface area (Å²) >= 11 is 0. The molecule has 1 saturated heterocycles. The van der Waals surface area contributed by atoms with Gasteiger partial charge < -0.3 is 51.6 Å². The van der Waals surface area contributed by atoms with Gasteiger partial charge in [0, 0.05) is 6.42 Å². The fourth-order valence-electron chi connectivity index (χ4n) is 1.99. The van der Waals surface area contributed by atoms with Crippen LogP contribution in [0.1, 0.15) is 32.1 Å². The minimum Gasteiger partial charge on any atom is -0.675 e. The predicted octanol–water partition coefficient (Wildman–Crippen LogP) is -0.530. The van der Waals surface area contributed by atoms with Crippen LogP contribution in [0.5, 0.6) is 0 Å². The number of ether oxygens (including phenoxy) is 2. The van der Waals surface area contributed by atoms with Gasteiger partial charge in [-0.15, -0.1) is 12.1 Å². The largest absolute Gasteiger partial charge is 2.00 e. The van der Waals surface area contributed by atoms with Gasteiger partial charge in [0.15, 0.2) is 6.29 Å². The van der Waals surface area contributed by atoms with Crippen molar-refractivity contribution < 1.29 is 75.2 Å².